The van der Waals surface area contributed by atoms with Gasteiger partial charge in [0, 0.05) is 11.5 Å². The van der Waals surface area contributed by atoms with Crippen LogP contribution in [0.2, 0.25) is 0 Å². The molecule has 0 radical (unpaired) electrons. The van der Waals surface area contributed by atoms with Crippen molar-refractivity contribution in [3.63, 3.8) is 0 Å². The van der Waals surface area contributed by atoms with Crippen LogP contribution in [0.3, 0.4) is 0 Å². The first-order chi connectivity index (χ1) is 12.8. The molecular formula is C21H25NO5. The highest BCUT2D eigenvalue weighted by Crippen LogP contribution is 2.44. The lowest BCUT2D eigenvalue weighted by Crippen LogP contribution is -2.39. The van der Waals surface area contributed by atoms with Gasteiger partial charge < -0.3 is 19.3 Å². The highest BCUT2D eigenvalue weighted by molar-refractivity contribution is 5.94. The molecule has 3 rings (SSSR count). The summed E-state index contributed by atoms with van der Waals surface area (Å²) in [5.74, 6) is -1.65. The van der Waals surface area contributed by atoms with Gasteiger partial charge in [0.25, 0.3) is 0 Å². The summed E-state index contributed by atoms with van der Waals surface area (Å²) in [6, 6.07) is 9.70. The van der Waals surface area contributed by atoms with Crippen molar-refractivity contribution in [1.29, 1.82) is 5.41 Å². The van der Waals surface area contributed by atoms with E-state index < -0.39 is 17.9 Å². The minimum atomic E-state index is -1.01. The predicted molar refractivity (Wildman–Crippen MR) is 100 cm³/mol. The molecule has 6 nitrogen and oxygen atoms in total. The maximum atomic E-state index is 11.6. The van der Waals surface area contributed by atoms with Gasteiger partial charge >= 0.3 is 5.97 Å². The monoisotopic (exact) mass is 371 g/mol. The molecule has 2 aliphatic rings. The van der Waals surface area contributed by atoms with E-state index >= 15 is 0 Å². The van der Waals surface area contributed by atoms with Gasteiger partial charge in [-0.2, -0.15) is 0 Å². The van der Waals surface area contributed by atoms with E-state index in [1.54, 1.807) is 0 Å². The molecule has 3 atom stereocenters. The Hall–Kier alpha value is -2.60. The van der Waals surface area contributed by atoms with Gasteiger partial charge in [-0.05, 0) is 32.8 Å². The van der Waals surface area contributed by atoms with Crippen LogP contribution in [0.1, 0.15) is 32.8 Å². The lowest BCUT2D eigenvalue weighted by molar-refractivity contribution is -0.159. The smallest absolute Gasteiger partial charge is 0.335 e. The quantitative estimate of drug-likeness (QED) is 0.606. The van der Waals surface area contributed by atoms with Gasteiger partial charge in [0.15, 0.2) is 0 Å². The second kappa shape index (κ2) is 7.56. The number of carbonyl (C=O) groups is 1. The Balaban J connectivity index is 1.81. The second-order valence-corrected chi connectivity index (χ2v) is 7.75. The largest absolute Gasteiger partial charge is 0.478 e. The molecule has 0 bridgehead atoms. The number of benzene rings is 1. The van der Waals surface area contributed by atoms with Gasteiger partial charge in [-0.1, -0.05) is 36.4 Å². The zero-order chi connectivity index (χ0) is 19.6. The second-order valence-electron chi connectivity index (χ2n) is 7.75. The molecule has 1 aliphatic carbocycles. The number of rotatable bonds is 5. The highest BCUT2D eigenvalue weighted by Gasteiger charge is 2.46. The lowest BCUT2D eigenvalue weighted by Gasteiger charge is -2.35. The molecule has 1 unspecified atom stereocenters. The van der Waals surface area contributed by atoms with Gasteiger partial charge in [0.1, 0.15) is 5.60 Å². The Labute approximate surface area is 158 Å². The van der Waals surface area contributed by atoms with Crippen LogP contribution in [0.25, 0.3) is 0 Å². The molecule has 27 heavy (non-hydrogen) atoms. The van der Waals surface area contributed by atoms with Crippen molar-refractivity contribution in [2.24, 2.45) is 11.8 Å². The Morgan fingerprint density at radius 3 is 2.59 bits per heavy atom. The van der Waals surface area contributed by atoms with Crippen molar-refractivity contribution in [3.8, 4) is 0 Å². The fourth-order valence-corrected chi connectivity index (χ4v) is 3.44. The van der Waals surface area contributed by atoms with Gasteiger partial charge in [-0.3, -0.25) is 5.41 Å². The number of hydrogen-bond donors (Lipinski definition) is 2. The van der Waals surface area contributed by atoms with E-state index in [-0.39, 0.29) is 23.3 Å². The molecule has 0 saturated carbocycles. The van der Waals surface area contributed by atoms with Gasteiger partial charge in [-0.25, -0.2) is 4.79 Å². The third-order valence-corrected chi connectivity index (χ3v) is 4.58. The molecule has 0 spiro atoms. The molecule has 1 aliphatic heterocycles. The number of ether oxygens (including phenoxy) is 3. The Morgan fingerprint density at radius 2 is 1.96 bits per heavy atom. The minimum Gasteiger partial charge on any atom is -0.478 e. The zero-order valence-electron chi connectivity index (χ0n) is 15.8. The first-order valence-electron chi connectivity index (χ1n) is 8.98. The standard InChI is InChI=1S/C21H25NO5/c1-21(2,3)27-18(22)15-10-9-14-16(19(23)24)12-26-20(17(14)15)25-11-13-7-5-4-6-8-13/h4-8,10,12,14,17,20,22H,9,11H2,1-3H3,(H,23,24)/t14?,17-,20+/m0/s1. The van der Waals surface area contributed by atoms with Crippen LogP contribution in [0, 0.1) is 17.2 Å². The maximum Gasteiger partial charge on any atom is 0.335 e. The Morgan fingerprint density at radius 1 is 1.26 bits per heavy atom. The summed E-state index contributed by atoms with van der Waals surface area (Å²) >= 11 is 0. The van der Waals surface area contributed by atoms with Crippen molar-refractivity contribution in [3.05, 3.63) is 59.4 Å². The number of carboxylic acids is 1. The number of fused-ring (bicyclic) bond motifs is 1. The van der Waals surface area contributed by atoms with Crippen molar-refractivity contribution in [2.75, 3.05) is 0 Å². The molecule has 144 valence electrons. The molecule has 1 aromatic rings. The van der Waals surface area contributed by atoms with Crippen LogP contribution < -0.4 is 0 Å². The number of aliphatic carboxylic acids is 1. The molecule has 0 saturated heterocycles. The molecule has 2 N–H and O–H groups in total. The van der Waals surface area contributed by atoms with Crippen LogP contribution in [0.15, 0.2) is 53.8 Å². The molecule has 0 aromatic heterocycles. The Bertz CT molecular complexity index is 776. The number of nitrogens with one attached hydrogen (secondary N) is 1. The fourth-order valence-electron chi connectivity index (χ4n) is 3.44. The highest BCUT2D eigenvalue weighted by atomic mass is 16.7. The van der Waals surface area contributed by atoms with Gasteiger partial charge in [0.2, 0.25) is 12.2 Å². The molecule has 6 heteroatoms. The summed E-state index contributed by atoms with van der Waals surface area (Å²) in [6.07, 6.45) is 3.00. The van der Waals surface area contributed by atoms with E-state index in [4.69, 9.17) is 19.6 Å². The van der Waals surface area contributed by atoms with E-state index in [1.807, 2.05) is 57.2 Å². The van der Waals surface area contributed by atoms with Crippen LogP contribution in [-0.4, -0.2) is 28.9 Å². The van der Waals surface area contributed by atoms with Crippen LogP contribution in [-0.2, 0) is 25.6 Å². The van der Waals surface area contributed by atoms with Crippen molar-refractivity contribution in [1.82, 2.24) is 0 Å². The summed E-state index contributed by atoms with van der Waals surface area (Å²) in [4.78, 5) is 11.6. The number of allylic oxidation sites excluding steroid dienone is 1. The van der Waals surface area contributed by atoms with Crippen LogP contribution in [0.4, 0.5) is 0 Å². The average molecular weight is 371 g/mol. The zero-order valence-corrected chi connectivity index (χ0v) is 15.8. The first kappa shape index (κ1) is 19.2. The summed E-state index contributed by atoms with van der Waals surface area (Å²) < 4.78 is 17.3. The molecular weight excluding hydrogens is 346 g/mol. The van der Waals surface area contributed by atoms with E-state index in [1.165, 1.54) is 6.26 Å². The fraction of sp³-hybridized carbons (Fsp3) is 0.429. The van der Waals surface area contributed by atoms with Crippen LogP contribution >= 0.6 is 0 Å². The molecule has 1 aromatic carbocycles. The van der Waals surface area contributed by atoms with E-state index in [9.17, 15) is 9.90 Å². The number of carboxylic acid groups (broad SMARTS) is 1. The normalized spacial score (nSPS) is 24.3. The lowest BCUT2D eigenvalue weighted by atomic mass is 9.83. The van der Waals surface area contributed by atoms with Crippen molar-refractivity contribution >= 4 is 11.9 Å². The molecule has 1 heterocycles. The van der Waals surface area contributed by atoms with E-state index in [0.29, 0.717) is 18.6 Å². The summed E-state index contributed by atoms with van der Waals surface area (Å²) in [6.45, 7) is 5.96. The first-order valence-corrected chi connectivity index (χ1v) is 8.98. The predicted octanol–water partition coefficient (Wildman–Crippen LogP) is 3.88. The van der Waals surface area contributed by atoms with Crippen LogP contribution in [0.5, 0.6) is 0 Å². The summed E-state index contributed by atoms with van der Waals surface area (Å²) in [7, 11) is 0. The van der Waals surface area contributed by atoms with Crippen molar-refractivity contribution < 1.29 is 24.1 Å². The summed E-state index contributed by atoms with van der Waals surface area (Å²) in [5.41, 5.74) is 1.32. The van der Waals surface area contributed by atoms with Crippen molar-refractivity contribution in [2.45, 2.75) is 45.7 Å². The Kier molecular flexibility index (Phi) is 5.37. The molecule has 0 fully saturated rings. The summed E-state index contributed by atoms with van der Waals surface area (Å²) in [5, 5.41) is 17.8. The third kappa shape index (κ3) is 4.39. The minimum absolute atomic E-state index is 0.0403. The van der Waals surface area contributed by atoms with Gasteiger partial charge in [-0.15, -0.1) is 0 Å². The SMILES string of the molecule is CC(C)(C)OC(=N)C1=CCC2C(C(=O)O)=CO[C@@H](OCc3ccccc3)[C@H]12. The average Bonchev–Trinajstić information content (AvgIpc) is 3.04. The maximum absolute atomic E-state index is 11.6. The number of hydrogen-bond acceptors (Lipinski definition) is 5. The topological polar surface area (TPSA) is 88.8 Å². The van der Waals surface area contributed by atoms with E-state index in [2.05, 4.69) is 0 Å². The third-order valence-electron chi connectivity index (χ3n) is 4.58. The van der Waals surface area contributed by atoms with E-state index in [0.717, 1.165) is 5.56 Å². The molecule has 0 amide bonds. The van der Waals surface area contributed by atoms with Gasteiger partial charge in [0.05, 0.1) is 24.4 Å².